The molecule has 3 aromatic rings. The summed E-state index contributed by atoms with van der Waals surface area (Å²) in [6, 6.07) is 12.9. The number of rotatable bonds is 3. The van der Waals surface area contributed by atoms with Crippen molar-refractivity contribution in [2.75, 3.05) is 0 Å². The van der Waals surface area contributed by atoms with Crippen molar-refractivity contribution in [3.8, 4) is 5.88 Å². The third-order valence-corrected chi connectivity index (χ3v) is 3.85. The predicted molar refractivity (Wildman–Crippen MR) is 89.4 cm³/mol. The number of aryl methyl sites for hydroxylation is 2. The van der Waals surface area contributed by atoms with Crippen molar-refractivity contribution in [2.24, 2.45) is 10.2 Å². The van der Waals surface area contributed by atoms with Gasteiger partial charge in [-0.25, -0.2) is 0 Å². The van der Waals surface area contributed by atoms with Crippen LogP contribution in [0.4, 0.5) is 5.69 Å². The average Bonchev–Trinajstić information content (AvgIpc) is 2.90. The molecule has 0 radical (unpaired) electrons. The molecule has 2 N–H and O–H groups in total. The molecule has 0 spiro atoms. The number of azo groups is 1. The SMILES string of the molecule is CCc1ccc(C(=O)N=Nc2c(O)[nH]c3c(C)cccc23)cc1. The zero-order valence-electron chi connectivity index (χ0n) is 13.0. The summed E-state index contributed by atoms with van der Waals surface area (Å²) in [5, 5.41) is 18.4. The third kappa shape index (κ3) is 2.85. The van der Waals surface area contributed by atoms with Crippen molar-refractivity contribution in [3.05, 3.63) is 59.2 Å². The number of carbonyl (C=O) groups excluding carboxylic acids is 1. The summed E-state index contributed by atoms with van der Waals surface area (Å²) < 4.78 is 0. The van der Waals surface area contributed by atoms with Crippen LogP contribution in [0.2, 0.25) is 0 Å². The van der Waals surface area contributed by atoms with Crippen LogP contribution in [0.15, 0.2) is 52.7 Å². The number of carbonyl (C=O) groups is 1. The number of hydrogen-bond acceptors (Lipinski definition) is 3. The Morgan fingerprint density at radius 3 is 2.61 bits per heavy atom. The molecule has 0 bridgehead atoms. The van der Waals surface area contributed by atoms with Gasteiger partial charge in [0.25, 0.3) is 5.91 Å². The van der Waals surface area contributed by atoms with Crippen molar-refractivity contribution in [1.29, 1.82) is 0 Å². The van der Waals surface area contributed by atoms with Gasteiger partial charge in [-0.2, -0.15) is 0 Å². The van der Waals surface area contributed by atoms with Crippen LogP contribution in [0.25, 0.3) is 10.9 Å². The first-order valence-corrected chi connectivity index (χ1v) is 7.45. The highest BCUT2D eigenvalue weighted by Crippen LogP contribution is 2.36. The second-order valence-electron chi connectivity index (χ2n) is 5.38. The van der Waals surface area contributed by atoms with E-state index in [1.54, 1.807) is 12.1 Å². The number of aromatic nitrogens is 1. The molecule has 1 amide bonds. The lowest BCUT2D eigenvalue weighted by molar-refractivity contribution is 0.0995. The number of para-hydroxylation sites is 1. The molecule has 5 heteroatoms. The quantitative estimate of drug-likeness (QED) is 0.690. The van der Waals surface area contributed by atoms with Crippen molar-refractivity contribution >= 4 is 22.5 Å². The van der Waals surface area contributed by atoms with Crippen LogP contribution in [0.1, 0.15) is 28.4 Å². The van der Waals surface area contributed by atoms with Crippen LogP contribution in [-0.4, -0.2) is 16.0 Å². The maximum atomic E-state index is 12.1. The van der Waals surface area contributed by atoms with Crippen molar-refractivity contribution in [3.63, 3.8) is 0 Å². The number of nitrogens with zero attached hydrogens (tertiary/aromatic N) is 2. The highest BCUT2D eigenvalue weighted by molar-refractivity contribution is 5.97. The van der Waals surface area contributed by atoms with E-state index in [0.29, 0.717) is 5.56 Å². The molecule has 0 aliphatic rings. The van der Waals surface area contributed by atoms with Gasteiger partial charge in [0.1, 0.15) is 0 Å². The van der Waals surface area contributed by atoms with Crippen molar-refractivity contribution < 1.29 is 9.90 Å². The van der Waals surface area contributed by atoms with Crippen LogP contribution in [-0.2, 0) is 6.42 Å². The molecule has 3 rings (SSSR count). The standard InChI is InChI=1S/C18H17N3O2/c1-3-12-7-9-13(10-8-12)17(22)21-20-16-14-6-4-5-11(2)15(14)19-18(16)23/h4-10,19,23H,3H2,1-2H3. The molecule has 0 unspecified atom stereocenters. The fourth-order valence-corrected chi connectivity index (χ4v) is 2.47. The monoisotopic (exact) mass is 307 g/mol. The highest BCUT2D eigenvalue weighted by Gasteiger charge is 2.12. The molecule has 0 aliphatic carbocycles. The summed E-state index contributed by atoms with van der Waals surface area (Å²) in [7, 11) is 0. The molecule has 0 fully saturated rings. The summed E-state index contributed by atoms with van der Waals surface area (Å²) in [5.74, 6) is -0.527. The van der Waals surface area contributed by atoms with Crippen molar-refractivity contribution in [1.82, 2.24) is 4.98 Å². The Balaban J connectivity index is 1.91. The summed E-state index contributed by atoms with van der Waals surface area (Å²) in [5.41, 5.74) is 3.69. The molecule has 0 saturated carbocycles. The molecule has 1 aromatic heterocycles. The van der Waals surface area contributed by atoms with Crippen LogP contribution >= 0.6 is 0 Å². The summed E-state index contributed by atoms with van der Waals surface area (Å²) in [4.78, 5) is 15.0. The number of aromatic amines is 1. The van der Waals surface area contributed by atoms with Gasteiger partial charge in [0.2, 0.25) is 5.88 Å². The number of hydrogen-bond donors (Lipinski definition) is 2. The Kier molecular flexibility index (Phi) is 3.93. The summed E-state index contributed by atoms with van der Waals surface area (Å²) in [6.45, 7) is 3.98. The van der Waals surface area contributed by atoms with Gasteiger partial charge < -0.3 is 10.1 Å². The maximum Gasteiger partial charge on any atom is 0.295 e. The van der Waals surface area contributed by atoms with Gasteiger partial charge in [-0.1, -0.05) is 37.3 Å². The Morgan fingerprint density at radius 2 is 1.91 bits per heavy atom. The fourth-order valence-electron chi connectivity index (χ4n) is 2.47. The van der Waals surface area contributed by atoms with Crippen LogP contribution in [0.5, 0.6) is 5.88 Å². The number of H-pyrrole nitrogens is 1. The Bertz CT molecular complexity index is 893. The van der Waals surface area contributed by atoms with E-state index in [0.717, 1.165) is 28.5 Å². The fraction of sp³-hybridized carbons (Fsp3) is 0.167. The van der Waals surface area contributed by atoms with Gasteiger partial charge in [-0.3, -0.25) is 4.79 Å². The predicted octanol–water partition coefficient (Wildman–Crippen LogP) is 4.67. The van der Waals surface area contributed by atoms with E-state index >= 15 is 0 Å². The van der Waals surface area contributed by atoms with Gasteiger partial charge in [-0.05, 0) is 36.6 Å². The van der Waals surface area contributed by atoms with Gasteiger partial charge in [0, 0.05) is 10.9 Å². The van der Waals surface area contributed by atoms with E-state index in [9.17, 15) is 9.90 Å². The number of fused-ring (bicyclic) bond motifs is 1. The van der Waals surface area contributed by atoms with E-state index in [1.165, 1.54) is 0 Å². The van der Waals surface area contributed by atoms with Crippen molar-refractivity contribution in [2.45, 2.75) is 20.3 Å². The average molecular weight is 307 g/mol. The molecule has 116 valence electrons. The van der Waals surface area contributed by atoms with Gasteiger partial charge in [-0.15, -0.1) is 10.2 Å². The molecule has 1 heterocycles. The Labute approximate surface area is 133 Å². The molecule has 2 aromatic carbocycles. The molecular formula is C18H17N3O2. The first-order chi connectivity index (χ1) is 11.1. The largest absolute Gasteiger partial charge is 0.493 e. The van der Waals surface area contributed by atoms with E-state index in [-0.39, 0.29) is 11.6 Å². The molecule has 5 nitrogen and oxygen atoms in total. The smallest absolute Gasteiger partial charge is 0.295 e. The van der Waals surface area contributed by atoms with Gasteiger partial charge in [0.15, 0.2) is 5.69 Å². The maximum absolute atomic E-state index is 12.1. The summed E-state index contributed by atoms with van der Waals surface area (Å²) >= 11 is 0. The lowest BCUT2D eigenvalue weighted by atomic mass is 10.1. The van der Waals surface area contributed by atoms with E-state index in [1.807, 2.05) is 37.3 Å². The van der Waals surface area contributed by atoms with Crippen LogP contribution in [0, 0.1) is 6.92 Å². The minimum absolute atomic E-state index is 0.0906. The highest BCUT2D eigenvalue weighted by atomic mass is 16.3. The Hall–Kier alpha value is -2.95. The molecule has 23 heavy (non-hydrogen) atoms. The lowest BCUT2D eigenvalue weighted by Crippen LogP contribution is -1.93. The second-order valence-corrected chi connectivity index (χ2v) is 5.38. The number of amides is 1. The van der Waals surface area contributed by atoms with Crippen LogP contribution < -0.4 is 0 Å². The number of nitrogens with one attached hydrogen (secondary N) is 1. The topological polar surface area (TPSA) is 77.8 Å². The first-order valence-electron chi connectivity index (χ1n) is 7.45. The minimum Gasteiger partial charge on any atom is -0.493 e. The van der Waals surface area contributed by atoms with E-state index in [4.69, 9.17) is 0 Å². The number of aromatic hydroxyl groups is 1. The molecule has 0 saturated heterocycles. The lowest BCUT2D eigenvalue weighted by Gasteiger charge is -1.98. The van der Waals surface area contributed by atoms with Gasteiger partial charge in [0.05, 0.1) is 5.52 Å². The first kappa shape index (κ1) is 15.0. The molecule has 0 aliphatic heterocycles. The van der Waals surface area contributed by atoms with E-state index in [2.05, 4.69) is 22.1 Å². The minimum atomic E-state index is -0.436. The zero-order chi connectivity index (χ0) is 16.4. The second kappa shape index (κ2) is 6.04. The summed E-state index contributed by atoms with van der Waals surface area (Å²) in [6.07, 6.45) is 0.915. The molecular weight excluding hydrogens is 290 g/mol. The van der Waals surface area contributed by atoms with Crippen LogP contribution in [0.3, 0.4) is 0 Å². The third-order valence-electron chi connectivity index (χ3n) is 3.85. The van der Waals surface area contributed by atoms with E-state index < -0.39 is 5.91 Å². The Morgan fingerprint density at radius 1 is 1.17 bits per heavy atom. The normalized spacial score (nSPS) is 11.4. The zero-order valence-corrected chi connectivity index (χ0v) is 13.0. The van der Waals surface area contributed by atoms with Gasteiger partial charge >= 0.3 is 0 Å². The molecule has 0 atom stereocenters. The number of benzene rings is 2.